The maximum absolute atomic E-state index is 13.9. The highest BCUT2D eigenvalue weighted by molar-refractivity contribution is 8.00. The van der Waals surface area contributed by atoms with E-state index in [4.69, 9.17) is 4.74 Å². The minimum Gasteiger partial charge on any atom is -0.465 e. The van der Waals surface area contributed by atoms with Gasteiger partial charge in [0.25, 0.3) is 0 Å². The number of hydrogen-bond acceptors (Lipinski definition) is 7. The van der Waals surface area contributed by atoms with Crippen LogP contribution in [0.25, 0.3) is 0 Å². The molecule has 2 aliphatic heterocycles. The first-order valence-corrected chi connectivity index (χ1v) is 16.5. The fourth-order valence-corrected chi connectivity index (χ4v) is 11.1. The SMILES string of the molecule is CCOC(=O)Cn1c2c(sc1=O)C(c1ccc(C(C)(C)C)cc1)C1C3CC(C1S2)C1C(=O)N(c2ccc(F)cc2)C(=O)C31. The van der Waals surface area contributed by atoms with Crippen LogP contribution in [-0.4, -0.2) is 34.2 Å². The third-order valence-corrected chi connectivity index (χ3v) is 12.6. The fourth-order valence-electron chi connectivity index (χ4n) is 8.00. The van der Waals surface area contributed by atoms with E-state index in [1.807, 2.05) is 0 Å². The van der Waals surface area contributed by atoms with Crippen molar-refractivity contribution in [2.45, 2.75) is 62.3 Å². The molecule has 2 saturated carbocycles. The first-order chi connectivity index (χ1) is 20.5. The van der Waals surface area contributed by atoms with Gasteiger partial charge in [0.05, 0.1) is 29.2 Å². The Morgan fingerprint density at radius 2 is 1.63 bits per heavy atom. The average molecular weight is 621 g/mol. The molecule has 0 spiro atoms. The van der Waals surface area contributed by atoms with Crippen LogP contribution in [0.4, 0.5) is 10.1 Å². The van der Waals surface area contributed by atoms with Crippen molar-refractivity contribution in [2.24, 2.45) is 29.6 Å². The number of thioether (sulfide) groups is 1. The summed E-state index contributed by atoms with van der Waals surface area (Å²) >= 11 is 2.76. The molecular formula is C33H33FN2O5S2. The van der Waals surface area contributed by atoms with Crippen molar-refractivity contribution in [3.05, 3.63) is 80.0 Å². The quantitative estimate of drug-likeness (QED) is 0.273. The molecule has 1 saturated heterocycles. The molecule has 7 rings (SSSR count). The van der Waals surface area contributed by atoms with E-state index < -0.39 is 23.6 Å². The van der Waals surface area contributed by atoms with Gasteiger partial charge in [-0.05, 0) is 71.9 Å². The lowest BCUT2D eigenvalue weighted by molar-refractivity contribution is -0.144. The van der Waals surface area contributed by atoms with Crippen molar-refractivity contribution in [3.8, 4) is 0 Å². The summed E-state index contributed by atoms with van der Waals surface area (Å²) in [6.45, 7) is 8.31. The summed E-state index contributed by atoms with van der Waals surface area (Å²) in [4.78, 5) is 55.6. The molecule has 2 bridgehead atoms. The lowest BCUT2D eigenvalue weighted by atomic mass is 9.68. The maximum Gasteiger partial charge on any atom is 0.326 e. The van der Waals surface area contributed by atoms with Crippen LogP contribution in [0, 0.1) is 35.4 Å². The van der Waals surface area contributed by atoms with Crippen LogP contribution in [0.15, 0.2) is 58.4 Å². The van der Waals surface area contributed by atoms with Crippen LogP contribution in [0.2, 0.25) is 0 Å². The Balaban J connectivity index is 1.32. The predicted molar refractivity (Wildman–Crippen MR) is 163 cm³/mol. The first-order valence-electron chi connectivity index (χ1n) is 14.8. The van der Waals surface area contributed by atoms with Crippen LogP contribution < -0.4 is 9.77 Å². The molecule has 7 atom stereocenters. The molecule has 3 heterocycles. The van der Waals surface area contributed by atoms with E-state index >= 15 is 0 Å². The molecule has 0 radical (unpaired) electrons. The van der Waals surface area contributed by atoms with Crippen molar-refractivity contribution >= 4 is 46.6 Å². The molecule has 43 heavy (non-hydrogen) atoms. The van der Waals surface area contributed by atoms with Gasteiger partial charge in [-0.25, -0.2) is 4.39 Å². The number of hydrogen-bond donors (Lipinski definition) is 0. The number of rotatable bonds is 5. The molecule has 4 aliphatic rings. The zero-order chi connectivity index (χ0) is 30.4. The van der Waals surface area contributed by atoms with Crippen molar-refractivity contribution < 1.29 is 23.5 Å². The van der Waals surface area contributed by atoms with E-state index in [0.717, 1.165) is 21.9 Å². The van der Waals surface area contributed by atoms with E-state index in [2.05, 4.69) is 45.0 Å². The van der Waals surface area contributed by atoms with Crippen LogP contribution in [0.5, 0.6) is 0 Å². The van der Waals surface area contributed by atoms with Gasteiger partial charge in [-0.15, -0.1) is 11.8 Å². The fraction of sp³-hybridized carbons (Fsp3) is 0.455. The Labute approximate surface area is 257 Å². The molecule has 2 aromatic carbocycles. The number of carbonyl (C=O) groups excluding carboxylic acids is 3. The van der Waals surface area contributed by atoms with Gasteiger partial charge >= 0.3 is 10.8 Å². The molecular weight excluding hydrogens is 588 g/mol. The van der Waals surface area contributed by atoms with E-state index in [0.29, 0.717) is 5.69 Å². The summed E-state index contributed by atoms with van der Waals surface area (Å²) in [5.41, 5.74) is 2.65. The molecule has 2 amide bonds. The Hall–Kier alpha value is -3.24. The summed E-state index contributed by atoms with van der Waals surface area (Å²) in [7, 11) is 0. The monoisotopic (exact) mass is 620 g/mol. The molecule has 224 valence electrons. The highest BCUT2D eigenvalue weighted by atomic mass is 32.2. The Morgan fingerprint density at radius 1 is 0.977 bits per heavy atom. The molecule has 7 unspecified atom stereocenters. The second kappa shape index (κ2) is 10.2. The molecule has 3 aromatic rings. The normalized spacial score (nSPS) is 29.0. The average Bonchev–Trinajstić information content (AvgIpc) is 3.68. The van der Waals surface area contributed by atoms with Crippen molar-refractivity contribution in [3.63, 3.8) is 0 Å². The minimum absolute atomic E-state index is 0.00148. The third-order valence-electron chi connectivity index (χ3n) is 9.76. The van der Waals surface area contributed by atoms with Gasteiger partial charge < -0.3 is 4.74 Å². The smallest absolute Gasteiger partial charge is 0.326 e. The van der Waals surface area contributed by atoms with Crippen LogP contribution in [0.3, 0.4) is 0 Å². The Bertz CT molecular complexity index is 1690. The standard InChI is InChI=1S/C33H33FN2O5S2/c1-5-41-22(37)15-35-31-28(43-32(35)40)23(16-6-8-17(9-7-16)33(2,3)4)24-20-14-21(27(24)42-31)26-25(20)29(38)36(30(26)39)19-12-10-18(34)11-13-19/h6-13,20-21,23-27H,5,14-15H2,1-4H3. The summed E-state index contributed by atoms with van der Waals surface area (Å²) in [5.74, 6) is -2.40. The van der Waals surface area contributed by atoms with Gasteiger partial charge in [0.15, 0.2) is 0 Å². The van der Waals surface area contributed by atoms with Crippen molar-refractivity contribution in [2.75, 3.05) is 11.5 Å². The number of nitrogens with zero attached hydrogens (tertiary/aromatic N) is 2. The number of anilines is 1. The number of thiazole rings is 1. The van der Waals surface area contributed by atoms with Gasteiger partial charge in [-0.1, -0.05) is 56.4 Å². The lowest BCUT2D eigenvalue weighted by Gasteiger charge is -2.43. The van der Waals surface area contributed by atoms with Gasteiger partial charge in [-0.3, -0.25) is 28.6 Å². The number of amides is 2. The topological polar surface area (TPSA) is 85.7 Å². The van der Waals surface area contributed by atoms with Crippen LogP contribution in [-0.2, 0) is 31.1 Å². The molecule has 10 heteroatoms. The second-order valence-electron chi connectivity index (χ2n) is 13.0. The van der Waals surface area contributed by atoms with Gasteiger partial charge in [-0.2, -0.15) is 0 Å². The first kappa shape index (κ1) is 28.5. The minimum atomic E-state index is -0.460. The number of imide groups is 1. The number of benzene rings is 2. The van der Waals surface area contributed by atoms with Crippen molar-refractivity contribution in [1.82, 2.24) is 4.57 Å². The molecule has 2 aliphatic carbocycles. The largest absolute Gasteiger partial charge is 0.465 e. The van der Waals surface area contributed by atoms with E-state index in [1.54, 1.807) is 18.7 Å². The van der Waals surface area contributed by atoms with Gasteiger partial charge in [0.1, 0.15) is 12.4 Å². The van der Waals surface area contributed by atoms with Crippen LogP contribution >= 0.6 is 23.1 Å². The molecule has 7 nitrogen and oxygen atoms in total. The molecule has 0 N–H and O–H groups in total. The van der Waals surface area contributed by atoms with Crippen molar-refractivity contribution in [1.29, 1.82) is 0 Å². The van der Waals surface area contributed by atoms with Crippen LogP contribution in [0.1, 0.15) is 56.0 Å². The second-order valence-corrected chi connectivity index (χ2v) is 15.2. The zero-order valence-corrected chi connectivity index (χ0v) is 26.0. The number of halogens is 1. The number of ether oxygens (including phenoxy) is 1. The maximum atomic E-state index is 13.9. The number of esters is 1. The summed E-state index contributed by atoms with van der Waals surface area (Å²) in [6.07, 6.45) is 0.764. The number of aromatic nitrogens is 1. The highest BCUT2D eigenvalue weighted by Crippen LogP contribution is 2.69. The predicted octanol–water partition coefficient (Wildman–Crippen LogP) is 5.59. The van der Waals surface area contributed by atoms with E-state index in [-0.39, 0.29) is 64.2 Å². The van der Waals surface area contributed by atoms with Gasteiger partial charge in [0.2, 0.25) is 11.8 Å². The molecule has 1 aromatic heterocycles. The summed E-state index contributed by atoms with van der Waals surface area (Å²) in [6, 6.07) is 14.1. The van der Waals surface area contributed by atoms with E-state index in [1.165, 1.54) is 50.6 Å². The zero-order valence-electron chi connectivity index (χ0n) is 24.4. The number of fused-ring (bicyclic) bond motifs is 9. The molecule has 3 fully saturated rings. The van der Waals surface area contributed by atoms with Gasteiger partial charge in [0, 0.05) is 16.0 Å². The summed E-state index contributed by atoms with van der Waals surface area (Å²) < 4.78 is 20.4. The number of carbonyl (C=O) groups is 3. The Kier molecular flexibility index (Phi) is 6.74. The lowest BCUT2D eigenvalue weighted by Crippen LogP contribution is -2.43. The third kappa shape index (κ3) is 4.35. The highest BCUT2D eigenvalue weighted by Gasteiger charge is 2.69. The Morgan fingerprint density at radius 3 is 2.26 bits per heavy atom. The van der Waals surface area contributed by atoms with E-state index in [9.17, 15) is 23.6 Å². The summed E-state index contributed by atoms with van der Waals surface area (Å²) in [5, 5.41) is 0.767.